The van der Waals surface area contributed by atoms with Crippen molar-refractivity contribution in [2.75, 3.05) is 7.05 Å². The Morgan fingerprint density at radius 3 is 2.09 bits per heavy atom. The van der Waals surface area contributed by atoms with E-state index in [0.717, 1.165) is 0 Å². The van der Waals surface area contributed by atoms with Crippen molar-refractivity contribution < 1.29 is 22.3 Å². The highest BCUT2D eigenvalue weighted by Crippen LogP contribution is 2.72. The lowest BCUT2D eigenvalue weighted by Crippen LogP contribution is -2.67. The van der Waals surface area contributed by atoms with Crippen molar-refractivity contribution in [3.05, 3.63) is 5.21 Å². The summed E-state index contributed by atoms with van der Waals surface area (Å²) in [7, 11) is -1.38. The molecule has 0 heterocycles. The van der Waals surface area contributed by atoms with Gasteiger partial charge in [0.15, 0.2) is 8.32 Å². The third-order valence-corrected chi connectivity index (χ3v) is 6.81. The first kappa shape index (κ1) is 17.8. The molecule has 0 saturated heterocycles. The fraction of sp³-hybridized carbons (Fsp3) is 0.933. The van der Waals surface area contributed by atoms with Crippen LogP contribution in [0.1, 0.15) is 33.6 Å². The first-order chi connectivity index (χ1) is 9.62. The summed E-state index contributed by atoms with van der Waals surface area (Å²) < 4.78 is 49.2. The Hall–Kier alpha value is -0.563. The molecule has 0 amide bonds. The number of fused-ring (bicyclic) bond motifs is 2. The predicted octanol–water partition coefficient (Wildman–Crippen LogP) is 4.18. The Bertz CT molecular complexity index is 520. The van der Waals surface area contributed by atoms with Gasteiger partial charge < -0.3 is 9.63 Å². The zero-order valence-electron chi connectivity index (χ0n) is 14.4. The summed E-state index contributed by atoms with van der Waals surface area (Å²) in [5.74, 6) is -0.391. The first-order valence-corrected chi connectivity index (χ1v) is 11.1. The third kappa shape index (κ3) is 1.93. The Balaban J connectivity index is 2.83. The molecule has 0 aromatic carbocycles. The second-order valence-corrected chi connectivity index (χ2v) is 12.9. The van der Waals surface area contributed by atoms with Crippen LogP contribution in [0.2, 0.25) is 19.6 Å². The number of alkyl halides is 3. The highest BCUT2D eigenvalue weighted by atomic mass is 28.4. The molecule has 0 aliphatic heterocycles. The van der Waals surface area contributed by atoms with Gasteiger partial charge in [0, 0.05) is 11.3 Å². The minimum Gasteiger partial charge on any atom is -0.624 e. The van der Waals surface area contributed by atoms with Crippen LogP contribution in [0.25, 0.3) is 0 Å². The molecule has 2 rings (SSSR count). The molecular formula is C15H26F3NO2Si. The second kappa shape index (κ2) is 4.50. The minimum atomic E-state index is -4.61. The summed E-state index contributed by atoms with van der Waals surface area (Å²) >= 11 is 0. The molecule has 2 aliphatic carbocycles. The predicted molar refractivity (Wildman–Crippen MR) is 82.4 cm³/mol. The summed E-state index contributed by atoms with van der Waals surface area (Å²) in [6.45, 7) is 10.6. The molecule has 0 aromatic rings. The number of halogens is 3. The van der Waals surface area contributed by atoms with Gasteiger partial charge in [0.05, 0.1) is 0 Å². The van der Waals surface area contributed by atoms with Gasteiger partial charge in [-0.05, 0) is 37.9 Å². The number of hydrogen-bond donors (Lipinski definition) is 0. The molecule has 2 saturated carbocycles. The van der Waals surface area contributed by atoms with E-state index in [-0.39, 0.29) is 5.71 Å². The molecule has 3 nitrogen and oxygen atoms in total. The van der Waals surface area contributed by atoms with Gasteiger partial charge >= 0.3 is 6.18 Å². The van der Waals surface area contributed by atoms with Crippen molar-refractivity contribution in [2.45, 2.75) is 65.0 Å². The van der Waals surface area contributed by atoms with Crippen LogP contribution in [-0.4, -0.2) is 37.6 Å². The van der Waals surface area contributed by atoms with Crippen LogP contribution in [0.3, 0.4) is 0 Å². The van der Waals surface area contributed by atoms with Crippen LogP contribution in [0.15, 0.2) is 0 Å². The lowest BCUT2D eigenvalue weighted by Gasteiger charge is -2.49. The molecule has 0 spiro atoms. The van der Waals surface area contributed by atoms with Crippen LogP contribution < -0.4 is 0 Å². The van der Waals surface area contributed by atoms with Gasteiger partial charge in [0.1, 0.15) is 7.05 Å². The van der Waals surface area contributed by atoms with Crippen molar-refractivity contribution in [1.82, 2.24) is 0 Å². The first-order valence-electron chi connectivity index (χ1n) is 7.67. The van der Waals surface area contributed by atoms with E-state index in [1.165, 1.54) is 7.05 Å². The van der Waals surface area contributed by atoms with E-state index < -0.39 is 36.8 Å². The fourth-order valence-corrected chi connectivity index (χ4v) is 6.08. The van der Waals surface area contributed by atoms with Crippen molar-refractivity contribution in [3.63, 3.8) is 0 Å². The van der Waals surface area contributed by atoms with Crippen LogP contribution in [-0.2, 0) is 4.43 Å². The van der Waals surface area contributed by atoms with E-state index >= 15 is 0 Å². The maximum Gasteiger partial charge on any atom is 0.426 e. The molecule has 2 fully saturated rings. The maximum absolute atomic E-state index is 14.3. The van der Waals surface area contributed by atoms with Gasteiger partial charge in [0.2, 0.25) is 11.3 Å². The molecule has 0 radical (unpaired) electrons. The van der Waals surface area contributed by atoms with Crippen LogP contribution in [0, 0.1) is 22.0 Å². The standard InChI is InChI=1S/C15H26F3NO2Si/c1-12(2)10-8-9-13(12,3)14(15(16,17)18,11(10)19(4)20)21-22(5,6)7/h10H,8-9H2,1-7H3/b19-11-/t10?,13-,14-/m1/s1. The normalized spacial score (nSPS) is 40.2. The van der Waals surface area contributed by atoms with Crippen molar-refractivity contribution >= 4 is 14.0 Å². The van der Waals surface area contributed by atoms with Crippen molar-refractivity contribution in [3.8, 4) is 0 Å². The molecule has 0 aromatic heterocycles. The maximum atomic E-state index is 14.3. The van der Waals surface area contributed by atoms with Crippen LogP contribution >= 0.6 is 0 Å². The molecule has 7 heteroatoms. The lowest BCUT2D eigenvalue weighted by atomic mass is 9.64. The zero-order chi connectivity index (χ0) is 17.4. The van der Waals surface area contributed by atoms with Gasteiger partial charge in [-0.15, -0.1) is 0 Å². The number of rotatable bonds is 2. The Labute approximate surface area is 131 Å². The summed E-state index contributed by atoms with van der Waals surface area (Å²) in [6, 6.07) is 0. The van der Waals surface area contributed by atoms with E-state index in [9.17, 15) is 18.4 Å². The molecule has 1 unspecified atom stereocenters. The third-order valence-electron chi connectivity index (χ3n) is 5.89. The lowest BCUT2D eigenvalue weighted by molar-refractivity contribution is -0.437. The Kier molecular flexibility index (Phi) is 3.64. The van der Waals surface area contributed by atoms with Gasteiger partial charge in [-0.25, -0.2) is 4.74 Å². The van der Waals surface area contributed by atoms with Crippen LogP contribution in [0.5, 0.6) is 0 Å². The van der Waals surface area contributed by atoms with E-state index in [4.69, 9.17) is 4.43 Å². The van der Waals surface area contributed by atoms with Crippen LogP contribution in [0.4, 0.5) is 13.2 Å². The van der Waals surface area contributed by atoms with E-state index in [1.807, 2.05) is 13.8 Å². The summed E-state index contributed by atoms with van der Waals surface area (Å²) in [6.07, 6.45) is -3.58. The quantitative estimate of drug-likeness (QED) is 0.328. The molecule has 0 N–H and O–H groups in total. The van der Waals surface area contributed by atoms with E-state index in [2.05, 4.69) is 0 Å². The van der Waals surface area contributed by atoms with Crippen molar-refractivity contribution in [2.24, 2.45) is 16.7 Å². The zero-order valence-corrected chi connectivity index (χ0v) is 15.4. The summed E-state index contributed by atoms with van der Waals surface area (Å²) in [5, 5.41) is 12.1. The Morgan fingerprint density at radius 1 is 1.23 bits per heavy atom. The van der Waals surface area contributed by atoms with Gasteiger partial charge in [0.25, 0.3) is 0 Å². The smallest absolute Gasteiger partial charge is 0.426 e. The number of nitrogens with zero attached hydrogens (tertiary/aromatic N) is 1. The van der Waals surface area contributed by atoms with E-state index in [0.29, 0.717) is 17.6 Å². The molecule has 22 heavy (non-hydrogen) atoms. The number of hydrogen-bond acceptors (Lipinski definition) is 2. The van der Waals surface area contributed by atoms with E-state index in [1.54, 1.807) is 26.6 Å². The SMILES string of the molecule is C/[N+]([O-])=C1\C2CC[C@](C)(C2(C)C)[C@@]1(O[Si](C)(C)C)C(F)(F)F. The topological polar surface area (TPSA) is 35.3 Å². The molecular weight excluding hydrogens is 311 g/mol. The van der Waals surface area contributed by atoms with Crippen molar-refractivity contribution in [1.29, 1.82) is 0 Å². The van der Waals surface area contributed by atoms with Gasteiger partial charge in [-0.2, -0.15) is 13.2 Å². The monoisotopic (exact) mass is 337 g/mol. The average Bonchev–Trinajstić information content (AvgIpc) is 2.56. The number of hydroxylamine groups is 1. The second-order valence-electron chi connectivity index (χ2n) is 8.42. The summed E-state index contributed by atoms with van der Waals surface area (Å²) in [4.78, 5) is 0. The molecule has 2 aliphatic rings. The highest BCUT2D eigenvalue weighted by molar-refractivity contribution is 6.70. The summed E-state index contributed by atoms with van der Waals surface area (Å²) in [5.41, 5.74) is -4.35. The van der Waals surface area contributed by atoms with Gasteiger partial charge in [-0.3, -0.25) is 0 Å². The Morgan fingerprint density at radius 2 is 1.73 bits per heavy atom. The molecule has 3 atom stereocenters. The molecule has 2 bridgehead atoms. The highest BCUT2D eigenvalue weighted by Gasteiger charge is 2.85. The molecule has 128 valence electrons. The fourth-order valence-electron chi connectivity index (χ4n) is 4.72. The largest absolute Gasteiger partial charge is 0.624 e. The minimum absolute atomic E-state index is 0.124. The van der Waals surface area contributed by atoms with Gasteiger partial charge in [-0.1, -0.05) is 20.8 Å². The average molecular weight is 337 g/mol.